The molecule has 1 aromatic carbocycles. The van der Waals surface area contributed by atoms with Gasteiger partial charge in [0.1, 0.15) is 6.61 Å². The van der Waals surface area contributed by atoms with Gasteiger partial charge >= 0.3 is 0 Å². The summed E-state index contributed by atoms with van der Waals surface area (Å²) in [5, 5.41) is 2.13. The molecule has 0 aromatic heterocycles. The van der Waals surface area contributed by atoms with Crippen molar-refractivity contribution in [2.75, 3.05) is 44.8 Å². The van der Waals surface area contributed by atoms with Crippen LogP contribution in [0.15, 0.2) is 12.1 Å². The van der Waals surface area contributed by atoms with Crippen LogP contribution in [0.3, 0.4) is 0 Å². The first-order valence-corrected chi connectivity index (χ1v) is 8.27. The van der Waals surface area contributed by atoms with E-state index >= 15 is 0 Å². The summed E-state index contributed by atoms with van der Waals surface area (Å²) >= 11 is 0. The number of carbonyl (C=O) groups is 2. The number of ether oxygens (including phenoxy) is 2. The zero-order valence-electron chi connectivity index (χ0n) is 14.8. The van der Waals surface area contributed by atoms with Crippen LogP contribution in [-0.4, -0.2) is 56.2 Å². The van der Waals surface area contributed by atoms with Crippen molar-refractivity contribution in [2.45, 2.75) is 20.3 Å². The summed E-state index contributed by atoms with van der Waals surface area (Å²) < 4.78 is 49.9. The maximum Gasteiger partial charge on any atom is 0.249 e. The molecule has 26 heavy (non-hydrogen) atoms. The number of anilines is 1. The van der Waals surface area contributed by atoms with E-state index in [0.29, 0.717) is 32.2 Å². The number of nitrogens with one attached hydrogen (secondary N) is 1. The lowest BCUT2D eigenvalue weighted by Crippen LogP contribution is -2.40. The molecule has 0 heterocycles. The average molecular weight is 376 g/mol. The van der Waals surface area contributed by atoms with Crippen LogP contribution in [0.1, 0.15) is 20.3 Å². The summed E-state index contributed by atoms with van der Waals surface area (Å²) in [5.41, 5.74) is -0.495. The van der Waals surface area contributed by atoms with E-state index < -0.39 is 35.0 Å². The van der Waals surface area contributed by atoms with Gasteiger partial charge in [0, 0.05) is 13.2 Å². The van der Waals surface area contributed by atoms with Gasteiger partial charge in [-0.2, -0.15) is 0 Å². The number of carbonyl (C=O) groups excluding carboxylic acids is 2. The maximum absolute atomic E-state index is 13.6. The first-order chi connectivity index (χ1) is 12.4. The Morgan fingerprint density at radius 3 is 2.42 bits per heavy atom. The zero-order valence-corrected chi connectivity index (χ0v) is 14.8. The monoisotopic (exact) mass is 376 g/mol. The highest BCUT2D eigenvalue weighted by molar-refractivity contribution is 5.94. The predicted octanol–water partition coefficient (Wildman–Crippen LogP) is 2.33. The Morgan fingerprint density at radius 1 is 1.08 bits per heavy atom. The van der Waals surface area contributed by atoms with Gasteiger partial charge in [-0.15, -0.1) is 0 Å². The fourth-order valence-corrected chi connectivity index (χ4v) is 2.06. The standard InChI is InChI=1S/C17H23F3N2O4/c1-3-7-22(15(24)11-26-9-8-25-4-2)10-14(23)21-13-6-5-12(18)16(19)17(13)20/h5-6H,3-4,7-11H2,1-2H3,(H,21,23). The molecule has 0 aliphatic carbocycles. The van der Waals surface area contributed by atoms with Crippen molar-refractivity contribution >= 4 is 17.5 Å². The first-order valence-electron chi connectivity index (χ1n) is 8.27. The van der Waals surface area contributed by atoms with Crippen LogP contribution < -0.4 is 5.32 Å². The van der Waals surface area contributed by atoms with Gasteiger partial charge in [-0.25, -0.2) is 13.2 Å². The number of nitrogens with zero attached hydrogens (tertiary/aromatic N) is 1. The predicted molar refractivity (Wildman–Crippen MR) is 89.1 cm³/mol. The van der Waals surface area contributed by atoms with Crippen LogP contribution >= 0.6 is 0 Å². The van der Waals surface area contributed by atoms with Crippen LogP contribution in [0.5, 0.6) is 0 Å². The molecule has 0 radical (unpaired) electrons. The van der Waals surface area contributed by atoms with E-state index in [1.165, 1.54) is 4.90 Å². The van der Waals surface area contributed by atoms with Gasteiger partial charge in [0.05, 0.1) is 25.4 Å². The van der Waals surface area contributed by atoms with Gasteiger partial charge in [0.15, 0.2) is 17.5 Å². The fourth-order valence-electron chi connectivity index (χ4n) is 2.06. The molecule has 146 valence electrons. The molecule has 0 aliphatic heterocycles. The summed E-state index contributed by atoms with van der Waals surface area (Å²) in [6.07, 6.45) is 0.595. The Morgan fingerprint density at radius 2 is 1.77 bits per heavy atom. The zero-order chi connectivity index (χ0) is 19.5. The van der Waals surface area contributed by atoms with Crippen LogP contribution in [-0.2, 0) is 19.1 Å². The van der Waals surface area contributed by atoms with Crippen molar-refractivity contribution in [1.29, 1.82) is 0 Å². The highest BCUT2D eigenvalue weighted by Crippen LogP contribution is 2.19. The highest BCUT2D eigenvalue weighted by atomic mass is 19.2. The lowest BCUT2D eigenvalue weighted by molar-refractivity contribution is -0.139. The Kier molecular flexibility index (Phi) is 9.67. The summed E-state index contributed by atoms with van der Waals surface area (Å²) in [7, 11) is 0. The SMILES string of the molecule is CCCN(CC(=O)Nc1ccc(F)c(F)c1F)C(=O)COCCOCC. The molecule has 0 fully saturated rings. The van der Waals surface area contributed by atoms with Crippen molar-refractivity contribution in [2.24, 2.45) is 0 Å². The van der Waals surface area contributed by atoms with E-state index in [9.17, 15) is 22.8 Å². The molecular formula is C17H23F3N2O4. The lowest BCUT2D eigenvalue weighted by Gasteiger charge is -2.21. The van der Waals surface area contributed by atoms with E-state index in [1.54, 1.807) is 0 Å². The van der Waals surface area contributed by atoms with Crippen molar-refractivity contribution in [3.05, 3.63) is 29.6 Å². The minimum absolute atomic E-state index is 0.222. The second-order valence-electron chi connectivity index (χ2n) is 5.34. The summed E-state index contributed by atoms with van der Waals surface area (Å²) in [6, 6.07) is 1.61. The molecule has 1 rings (SSSR count). The minimum atomic E-state index is -1.67. The Hall–Kier alpha value is -2.13. The molecule has 9 heteroatoms. The van der Waals surface area contributed by atoms with Gasteiger partial charge in [-0.05, 0) is 25.5 Å². The number of hydrogen-bond donors (Lipinski definition) is 1. The second kappa shape index (κ2) is 11.5. The third kappa shape index (κ3) is 7.01. The van der Waals surface area contributed by atoms with Gasteiger partial charge in [0.25, 0.3) is 0 Å². The molecule has 0 saturated carbocycles. The second-order valence-corrected chi connectivity index (χ2v) is 5.34. The van der Waals surface area contributed by atoms with Crippen LogP contribution in [0.25, 0.3) is 0 Å². The Labute approximate surface area is 150 Å². The molecule has 0 unspecified atom stereocenters. The maximum atomic E-state index is 13.6. The van der Waals surface area contributed by atoms with Crippen molar-refractivity contribution in [1.82, 2.24) is 4.90 Å². The number of halogens is 3. The first kappa shape index (κ1) is 21.9. The average Bonchev–Trinajstić information content (AvgIpc) is 2.61. The van der Waals surface area contributed by atoms with E-state index in [0.717, 1.165) is 6.07 Å². The number of hydrogen-bond acceptors (Lipinski definition) is 4. The van der Waals surface area contributed by atoms with E-state index in [4.69, 9.17) is 9.47 Å². The molecule has 0 bridgehead atoms. The van der Waals surface area contributed by atoms with Crippen molar-refractivity contribution in [3.8, 4) is 0 Å². The van der Waals surface area contributed by atoms with Crippen LogP contribution in [0.2, 0.25) is 0 Å². The summed E-state index contributed by atoms with van der Waals surface area (Å²) in [5.74, 6) is -5.67. The molecular weight excluding hydrogens is 353 g/mol. The lowest BCUT2D eigenvalue weighted by atomic mass is 10.2. The van der Waals surface area contributed by atoms with Crippen LogP contribution in [0.4, 0.5) is 18.9 Å². The van der Waals surface area contributed by atoms with E-state index in [1.807, 2.05) is 13.8 Å². The third-order valence-corrected chi connectivity index (χ3v) is 3.29. The molecule has 1 aromatic rings. The smallest absolute Gasteiger partial charge is 0.249 e. The summed E-state index contributed by atoms with van der Waals surface area (Å²) in [4.78, 5) is 25.4. The van der Waals surface area contributed by atoms with E-state index in [2.05, 4.69) is 5.32 Å². The quantitative estimate of drug-likeness (QED) is 0.476. The van der Waals surface area contributed by atoms with Gasteiger partial charge in [0.2, 0.25) is 11.8 Å². The van der Waals surface area contributed by atoms with Gasteiger partial charge in [-0.3, -0.25) is 9.59 Å². The van der Waals surface area contributed by atoms with Crippen molar-refractivity contribution in [3.63, 3.8) is 0 Å². The van der Waals surface area contributed by atoms with Crippen molar-refractivity contribution < 1.29 is 32.2 Å². The largest absolute Gasteiger partial charge is 0.379 e. The van der Waals surface area contributed by atoms with Gasteiger partial charge in [-0.1, -0.05) is 6.92 Å². The molecule has 0 aliphatic rings. The molecule has 0 atom stereocenters. The molecule has 0 spiro atoms. The summed E-state index contributed by atoms with van der Waals surface area (Å²) in [6.45, 7) is 4.51. The topological polar surface area (TPSA) is 67.9 Å². The molecule has 0 saturated heterocycles. The molecule has 6 nitrogen and oxygen atoms in total. The number of amides is 2. The fraction of sp³-hybridized carbons (Fsp3) is 0.529. The Bertz CT molecular complexity index is 614. The van der Waals surface area contributed by atoms with Crippen LogP contribution in [0, 0.1) is 17.5 Å². The minimum Gasteiger partial charge on any atom is -0.379 e. The number of benzene rings is 1. The normalized spacial score (nSPS) is 10.7. The molecule has 2 amide bonds. The third-order valence-electron chi connectivity index (χ3n) is 3.29. The van der Waals surface area contributed by atoms with E-state index in [-0.39, 0.29) is 19.8 Å². The number of rotatable bonds is 11. The molecule has 1 N–H and O–H groups in total. The highest BCUT2D eigenvalue weighted by Gasteiger charge is 2.19. The van der Waals surface area contributed by atoms with Gasteiger partial charge < -0.3 is 19.7 Å². The Balaban J connectivity index is 2.59.